The average molecular weight is 1260 g/mol. The molecule has 0 aromatic carbocycles. The maximum atomic E-state index is 14.1. The Morgan fingerprint density at radius 3 is 1.62 bits per heavy atom. The normalized spacial score (nSPS) is 16.4. The number of likely N-dealkylation sites (tertiary alicyclic amines) is 1. The van der Waals surface area contributed by atoms with E-state index in [1.807, 2.05) is 16.0 Å². The molecule has 0 aliphatic carbocycles. The number of unbranched alkanes of at least 4 members (excludes halogenated alkanes) is 1. The predicted molar refractivity (Wildman–Crippen MR) is 299 cm³/mol. The maximum Gasteiger partial charge on any atom is 0.325 e. The number of carbonyl (C=O) groups excluding carboxylic acids is 12. The first-order valence-corrected chi connectivity index (χ1v) is 27.4. The molecule has 39 heteroatoms. The van der Waals surface area contributed by atoms with E-state index in [0.717, 1.165) is 25.7 Å². The number of aliphatic hydroxyl groups is 2. The summed E-state index contributed by atoms with van der Waals surface area (Å²) in [5, 5.41) is 79.2. The van der Waals surface area contributed by atoms with E-state index in [1.54, 1.807) is 0 Å². The Balaban J connectivity index is 3.26. The van der Waals surface area contributed by atoms with E-state index >= 15 is 0 Å². The molecule has 494 valence electrons. The monoisotopic (exact) mass is 1260 g/mol. The second kappa shape index (κ2) is 38.6. The van der Waals surface area contributed by atoms with Gasteiger partial charge in [0.2, 0.25) is 70.9 Å². The van der Waals surface area contributed by atoms with Gasteiger partial charge in [-0.05, 0) is 72.3 Å². The minimum atomic E-state index is -2.04. The van der Waals surface area contributed by atoms with Crippen molar-refractivity contribution in [2.75, 3.05) is 32.8 Å². The average Bonchev–Trinajstić information content (AvgIpc) is 2.93. The Kier molecular flexibility index (Phi) is 33.6. The van der Waals surface area contributed by atoms with E-state index < -0.39 is 213 Å². The van der Waals surface area contributed by atoms with Crippen LogP contribution in [0.1, 0.15) is 97.8 Å². The molecule has 12 atom stereocenters. The summed E-state index contributed by atoms with van der Waals surface area (Å²) in [6.45, 7) is 1.05. The van der Waals surface area contributed by atoms with E-state index in [-0.39, 0.29) is 51.2 Å². The highest BCUT2D eigenvalue weighted by atomic mass is 16.4. The molecule has 1 aliphatic rings. The van der Waals surface area contributed by atoms with Crippen molar-refractivity contribution in [2.45, 2.75) is 170 Å². The number of nitrogens with zero attached hydrogens (tertiary/aromatic N) is 2. The summed E-state index contributed by atoms with van der Waals surface area (Å²) in [5.74, 6) is -20.3. The van der Waals surface area contributed by atoms with Crippen LogP contribution in [-0.4, -0.2) is 242 Å². The van der Waals surface area contributed by atoms with E-state index in [1.165, 1.54) is 0 Å². The quantitative estimate of drug-likeness (QED) is 0.0154. The summed E-state index contributed by atoms with van der Waals surface area (Å²) in [6, 6.07) is -18.5. The van der Waals surface area contributed by atoms with Crippen molar-refractivity contribution >= 4 is 101 Å². The van der Waals surface area contributed by atoms with Gasteiger partial charge in [0.15, 0.2) is 5.96 Å². The van der Waals surface area contributed by atoms with Crippen LogP contribution >= 0.6 is 0 Å². The fourth-order valence-electron chi connectivity index (χ4n) is 8.14. The van der Waals surface area contributed by atoms with Gasteiger partial charge >= 0.3 is 23.9 Å². The fraction of sp³-hybridized carbons (Fsp3) is 0.653. The van der Waals surface area contributed by atoms with Crippen LogP contribution in [0.3, 0.4) is 0 Å². The van der Waals surface area contributed by atoms with Gasteiger partial charge in [-0.1, -0.05) is 6.42 Å². The molecule has 0 aromatic rings. The number of carboxylic acids is 4. The molecule has 39 nitrogen and oxygen atoms in total. The first kappa shape index (κ1) is 76.6. The van der Waals surface area contributed by atoms with Gasteiger partial charge in [-0.25, -0.2) is 0 Å². The first-order valence-electron chi connectivity index (χ1n) is 27.4. The molecular formula is C49H81N17O22. The summed E-state index contributed by atoms with van der Waals surface area (Å²) in [7, 11) is 0. The van der Waals surface area contributed by atoms with Gasteiger partial charge in [0.25, 0.3) is 0 Å². The van der Waals surface area contributed by atoms with Gasteiger partial charge in [0.1, 0.15) is 60.4 Å². The number of guanidine groups is 1. The van der Waals surface area contributed by atoms with Crippen molar-refractivity contribution in [2.24, 2.45) is 33.7 Å². The van der Waals surface area contributed by atoms with Gasteiger partial charge < -0.3 is 117 Å². The number of nitrogens with two attached hydrogens (primary N) is 5. The number of carbonyl (C=O) groups is 16. The molecule has 0 bridgehead atoms. The van der Waals surface area contributed by atoms with Gasteiger partial charge in [-0.3, -0.25) is 81.7 Å². The number of aliphatic hydroxyl groups excluding tert-OH is 2. The van der Waals surface area contributed by atoms with E-state index in [4.69, 9.17) is 33.8 Å². The van der Waals surface area contributed by atoms with E-state index in [2.05, 4.69) is 42.2 Å². The minimum absolute atomic E-state index is 0.0138. The van der Waals surface area contributed by atoms with Crippen molar-refractivity contribution in [3.05, 3.63) is 0 Å². The van der Waals surface area contributed by atoms with E-state index in [9.17, 15) is 102 Å². The summed E-state index contributed by atoms with van der Waals surface area (Å²) < 4.78 is 0. The summed E-state index contributed by atoms with van der Waals surface area (Å²) in [4.78, 5) is 210. The maximum absolute atomic E-state index is 14.1. The summed E-state index contributed by atoms with van der Waals surface area (Å²) in [6.07, 6.45) is -5.20. The van der Waals surface area contributed by atoms with Crippen LogP contribution in [0.2, 0.25) is 0 Å². The number of carboxylic acid groups (broad SMARTS) is 4. The van der Waals surface area contributed by atoms with Gasteiger partial charge in [-0.2, -0.15) is 0 Å². The zero-order valence-electron chi connectivity index (χ0n) is 48.4. The van der Waals surface area contributed by atoms with Crippen molar-refractivity contribution in [3.63, 3.8) is 0 Å². The molecule has 0 aromatic heterocycles. The van der Waals surface area contributed by atoms with Crippen LogP contribution in [0.25, 0.3) is 0 Å². The standard InChI is InChI=1S/C49H81N17O22/c1-21(38(77)64-30(20-67)44(83)62-29(18-36(75)76)43(82)65-37(23(3)68)46(85)58-22(2)48(87)88)57-41(80)25(9-6-14-55-49(53)54)59-33(70)19-56-40(79)27(16-32(52)69)63-45(84)31-10-7-15-66(31)47(86)26(11-12-34(71)72)60-42(81)28(17-35(73)74)61-39(78)24(51)8-4-5-13-50/h21-31,37,67-68H,4-20,50-51H2,1-3H3,(H2,52,69)(H,56,79)(H,57,80)(H,58,85)(H,59,70)(H,60,81)(H,61,78)(H,62,83)(H,63,84)(H,64,77)(H,65,82)(H,71,72)(H,73,74)(H,75,76)(H,87,88)(H4,53,54,55)/t21-,22-,23+,24-,25-,26-,27-,28-,29-,30-,31-,37-/m0/s1. The number of aliphatic carboxylic acids is 4. The summed E-state index contributed by atoms with van der Waals surface area (Å²) in [5.41, 5.74) is 27.5. The molecule has 0 unspecified atom stereocenters. The smallest absolute Gasteiger partial charge is 0.325 e. The largest absolute Gasteiger partial charge is 0.481 e. The highest BCUT2D eigenvalue weighted by Gasteiger charge is 2.41. The number of rotatable bonds is 41. The predicted octanol–water partition coefficient (Wildman–Crippen LogP) is -10.8. The number of hydrogen-bond donors (Lipinski definition) is 21. The number of aliphatic imine (C=N–C) groups is 1. The molecule has 88 heavy (non-hydrogen) atoms. The van der Waals surface area contributed by atoms with Crippen LogP contribution in [0.5, 0.6) is 0 Å². The lowest BCUT2D eigenvalue weighted by molar-refractivity contribution is -0.144. The molecule has 0 saturated carbocycles. The van der Waals surface area contributed by atoms with Crippen molar-refractivity contribution in [1.82, 2.24) is 58.1 Å². The Bertz CT molecular complexity index is 2570. The highest BCUT2D eigenvalue weighted by molar-refractivity contribution is 6.00. The van der Waals surface area contributed by atoms with Crippen LogP contribution in [0.4, 0.5) is 0 Å². The van der Waals surface area contributed by atoms with E-state index in [0.29, 0.717) is 19.4 Å². The summed E-state index contributed by atoms with van der Waals surface area (Å²) >= 11 is 0. The van der Waals surface area contributed by atoms with Crippen molar-refractivity contribution < 1.29 is 107 Å². The van der Waals surface area contributed by atoms with Crippen molar-refractivity contribution in [3.8, 4) is 0 Å². The molecule has 1 fully saturated rings. The third-order valence-corrected chi connectivity index (χ3v) is 12.8. The van der Waals surface area contributed by atoms with Crippen LogP contribution < -0.4 is 81.8 Å². The van der Waals surface area contributed by atoms with Gasteiger partial charge in [-0.15, -0.1) is 0 Å². The highest BCUT2D eigenvalue weighted by Crippen LogP contribution is 2.21. The second-order valence-electron chi connectivity index (χ2n) is 20.2. The molecule has 1 heterocycles. The number of hydrogen-bond acceptors (Lipinski definition) is 21. The Labute approximate surface area is 501 Å². The Morgan fingerprint density at radius 2 is 1.09 bits per heavy atom. The third-order valence-electron chi connectivity index (χ3n) is 12.8. The molecule has 1 rings (SSSR count). The zero-order chi connectivity index (χ0) is 67.1. The fourth-order valence-corrected chi connectivity index (χ4v) is 8.14. The van der Waals surface area contributed by atoms with Crippen molar-refractivity contribution in [1.29, 1.82) is 0 Å². The zero-order valence-corrected chi connectivity index (χ0v) is 48.4. The van der Waals surface area contributed by atoms with Crippen LogP contribution in [0.15, 0.2) is 4.99 Å². The molecule has 12 amide bonds. The lowest BCUT2D eigenvalue weighted by atomic mass is 10.1. The molecule has 26 N–H and O–H groups in total. The van der Waals surface area contributed by atoms with Crippen LogP contribution in [0, 0.1) is 0 Å². The Hall–Kier alpha value is -9.37. The molecular weight excluding hydrogens is 1180 g/mol. The lowest BCUT2D eigenvalue weighted by Crippen LogP contribution is -2.61. The molecule has 0 spiro atoms. The molecule has 1 saturated heterocycles. The minimum Gasteiger partial charge on any atom is -0.481 e. The molecule has 0 radical (unpaired) electrons. The van der Waals surface area contributed by atoms with Gasteiger partial charge in [0.05, 0.1) is 44.6 Å². The number of nitrogens with one attached hydrogen (secondary N) is 10. The van der Waals surface area contributed by atoms with Crippen LogP contribution in [-0.2, 0) is 76.7 Å². The SMILES string of the molecule is C[C@H](NC(=O)[C@@H](NC(=O)[C@H](CC(=O)O)NC(=O)[C@H](CO)NC(=O)[C@H](C)NC(=O)[C@H](CCCN=C(N)N)NC(=O)CNC(=O)[C@H](CC(N)=O)NC(=O)[C@@H]1CCCN1C(=O)[C@H](CCC(=O)O)NC(=O)[C@H](CC(=O)O)NC(=O)[C@@H](N)CCCCN)[C@@H](C)O)C(=O)O. The topological polar surface area (TPSA) is 660 Å². The van der Waals surface area contributed by atoms with Gasteiger partial charge in [0, 0.05) is 19.5 Å². The third kappa shape index (κ3) is 28.2. The second-order valence-corrected chi connectivity index (χ2v) is 20.2. The Morgan fingerprint density at radius 1 is 0.557 bits per heavy atom. The molecule has 1 aliphatic heterocycles. The number of amides is 12. The lowest BCUT2D eigenvalue weighted by Gasteiger charge is -2.30. The first-order chi connectivity index (χ1) is 41.1. The number of primary amides is 1.